The van der Waals surface area contributed by atoms with Crippen LogP contribution in [0.25, 0.3) is 0 Å². The Balaban J connectivity index is 1.61. The number of fused-ring (bicyclic) bond motifs is 1. The maximum Gasteiger partial charge on any atom is 0.258 e. The van der Waals surface area contributed by atoms with Crippen molar-refractivity contribution in [3.05, 3.63) is 69.3 Å². The van der Waals surface area contributed by atoms with E-state index in [1.54, 1.807) is 24.3 Å². The van der Waals surface area contributed by atoms with Crippen LogP contribution in [0.2, 0.25) is 10.0 Å². The number of halogens is 2. The summed E-state index contributed by atoms with van der Waals surface area (Å²) in [5.41, 5.74) is 2.53. The Kier molecular flexibility index (Phi) is 7.05. The van der Waals surface area contributed by atoms with Gasteiger partial charge in [0, 0.05) is 29.8 Å². The number of hydrogen-bond donors (Lipinski definition) is 2. The molecule has 0 aromatic heterocycles. The highest BCUT2D eigenvalue weighted by Gasteiger charge is 2.31. The average Bonchev–Trinajstić information content (AvgIpc) is 2.79. The topological polar surface area (TPSA) is 78.5 Å². The number of anilines is 2. The molecule has 33 heavy (non-hydrogen) atoms. The van der Waals surface area contributed by atoms with Gasteiger partial charge >= 0.3 is 0 Å². The number of hydrogen-bond acceptors (Lipinski definition) is 3. The van der Waals surface area contributed by atoms with E-state index in [-0.39, 0.29) is 22.4 Å². The monoisotopic (exact) mass is 485 g/mol. The first-order chi connectivity index (χ1) is 15.8. The van der Waals surface area contributed by atoms with Crippen molar-refractivity contribution in [3.63, 3.8) is 0 Å². The zero-order chi connectivity index (χ0) is 23.5. The number of carbonyl (C=O) groups excluding carboxylic acids is 3. The fourth-order valence-electron chi connectivity index (χ4n) is 4.49. The van der Waals surface area contributed by atoms with E-state index < -0.39 is 5.91 Å². The van der Waals surface area contributed by atoms with Gasteiger partial charge in [0.2, 0.25) is 5.91 Å². The summed E-state index contributed by atoms with van der Waals surface area (Å²) in [6, 6.07) is 9.48. The number of carbonyl (C=O) groups is 3. The van der Waals surface area contributed by atoms with E-state index in [2.05, 4.69) is 16.7 Å². The lowest BCUT2D eigenvalue weighted by Gasteiger charge is -2.38. The number of piperidine rings is 1. The average molecular weight is 486 g/mol. The lowest BCUT2D eigenvalue weighted by Crippen LogP contribution is -2.39. The van der Waals surface area contributed by atoms with E-state index in [9.17, 15) is 14.4 Å². The molecule has 172 valence electrons. The number of allylic oxidation sites excluding steroid dienone is 2. The van der Waals surface area contributed by atoms with Crippen molar-refractivity contribution in [3.8, 4) is 0 Å². The minimum absolute atomic E-state index is 0.0990. The van der Waals surface area contributed by atoms with Crippen molar-refractivity contribution >= 4 is 52.3 Å². The highest BCUT2D eigenvalue weighted by atomic mass is 35.5. The molecule has 4 rings (SSSR count). The summed E-state index contributed by atoms with van der Waals surface area (Å²) in [4.78, 5) is 39.8. The van der Waals surface area contributed by atoms with Crippen molar-refractivity contribution in [2.75, 3.05) is 17.2 Å². The maximum atomic E-state index is 13.4. The van der Waals surface area contributed by atoms with E-state index in [0.29, 0.717) is 34.4 Å². The Morgan fingerprint density at radius 3 is 2.52 bits per heavy atom. The lowest BCUT2D eigenvalue weighted by atomic mass is 9.84. The van der Waals surface area contributed by atoms with Gasteiger partial charge in [-0.15, -0.1) is 0 Å². The third-order valence-electron chi connectivity index (χ3n) is 6.02. The Labute approximate surface area is 202 Å². The predicted molar refractivity (Wildman–Crippen MR) is 131 cm³/mol. The van der Waals surface area contributed by atoms with Crippen LogP contribution in [0.4, 0.5) is 11.4 Å². The predicted octanol–water partition coefficient (Wildman–Crippen LogP) is 6.12. The van der Waals surface area contributed by atoms with Crippen LogP contribution in [0.15, 0.2) is 48.2 Å². The van der Waals surface area contributed by atoms with E-state index in [0.717, 1.165) is 37.8 Å². The summed E-state index contributed by atoms with van der Waals surface area (Å²) in [5, 5.41) is 6.12. The lowest BCUT2D eigenvalue weighted by molar-refractivity contribution is -0.114. The third kappa shape index (κ3) is 5.23. The Bertz CT molecular complexity index is 1150. The first-order valence-corrected chi connectivity index (χ1v) is 11.8. The van der Waals surface area contributed by atoms with Gasteiger partial charge in [-0.05, 0) is 74.4 Å². The molecule has 1 fully saturated rings. The summed E-state index contributed by atoms with van der Waals surface area (Å²) < 4.78 is 0. The first kappa shape index (κ1) is 23.3. The first-order valence-electron chi connectivity index (χ1n) is 11.0. The van der Waals surface area contributed by atoms with Crippen molar-refractivity contribution < 1.29 is 14.4 Å². The largest absolute Gasteiger partial charge is 0.325 e. The second kappa shape index (κ2) is 9.98. The summed E-state index contributed by atoms with van der Waals surface area (Å²) >= 11 is 12.1. The fraction of sp³-hybridized carbons (Fsp3) is 0.320. The normalized spacial score (nSPS) is 17.6. The van der Waals surface area contributed by atoms with Crippen LogP contribution < -0.4 is 10.6 Å². The summed E-state index contributed by atoms with van der Waals surface area (Å²) in [6.45, 7) is 2.06. The smallest absolute Gasteiger partial charge is 0.258 e. The number of amides is 3. The summed E-state index contributed by atoms with van der Waals surface area (Å²) in [6.07, 6.45) is 7.54. The summed E-state index contributed by atoms with van der Waals surface area (Å²) in [7, 11) is 0. The number of nitrogens with zero attached hydrogens (tertiary/aromatic N) is 1. The summed E-state index contributed by atoms with van der Waals surface area (Å²) in [5.74, 6) is -0.423. The molecule has 0 bridgehead atoms. The quantitative estimate of drug-likeness (QED) is 0.546. The van der Waals surface area contributed by atoms with Crippen LogP contribution in [0.3, 0.4) is 0 Å². The highest BCUT2D eigenvalue weighted by Crippen LogP contribution is 2.36. The van der Waals surface area contributed by atoms with Gasteiger partial charge in [-0.25, -0.2) is 0 Å². The molecule has 1 saturated heterocycles. The molecule has 2 aromatic rings. The molecule has 6 nitrogen and oxygen atoms in total. The molecular weight excluding hydrogens is 461 g/mol. The molecular formula is C25H25Cl2N3O3. The van der Waals surface area contributed by atoms with E-state index in [1.165, 1.54) is 19.1 Å². The van der Waals surface area contributed by atoms with Crippen LogP contribution in [0, 0.1) is 5.92 Å². The molecule has 0 saturated carbocycles. The fourth-order valence-corrected chi connectivity index (χ4v) is 4.99. The number of likely N-dealkylation sites (tertiary alicyclic amines) is 1. The molecule has 0 radical (unpaired) electrons. The number of benzene rings is 2. The number of nitrogens with one attached hydrogen (secondary N) is 2. The van der Waals surface area contributed by atoms with Gasteiger partial charge in [-0.3, -0.25) is 14.4 Å². The zero-order valence-electron chi connectivity index (χ0n) is 18.3. The van der Waals surface area contributed by atoms with Gasteiger partial charge in [0.15, 0.2) is 0 Å². The standard InChI is InChI=1S/C25H25Cl2N3O3/c1-15(31)28-22-13-17(25(33)30-12-4-6-16-5-2-3-7-23(16)30)8-11-21(22)29-24(32)19-10-9-18(26)14-20(19)27/h7-11,13-14,16H,2-6,12H2,1H3,(H,28,31)(H,29,32)/t16-/m0/s1. The molecule has 0 spiro atoms. The molecule has 1 aliphatic carbocycles. The zero-order valence-corrected chi connectivity index (χ0v) is 19.8. The van der Waals surface area contributed by atoms with Gasteiger partial charge in [0.1, 0.15) is 0 Å². The minimum atomic E-state index is -0.450. The second-order valence-corrected chi connectivity index (χ2v) is 9.22. The molecule has 3 amide bonds. The molecule has 2 N–H and O–H groups in total. The van der Waals surface area contributed by atoms with Gasteiger partial charge in [-0.1, -0.05) is 29.3 Å². The van der Waals surface area contributed by atoms with Gasteiger partial charge in [0.05, 0.1) is 22.0 Å². The molecule has 0 unspecified atom stereocenters. The van der Waals surface area contributed by atoms with Crippen LogP contribution in [-0.4, -0.2) is 29.2 Å². The van der Waals surface area contributed by atoms with Crippen LogP contribution in [0.5, 0.6) is 0 Å². The van der Waals surface area contributed by atoms with E-state index in [4.69, 9.17) is 23.2 Å². The van der Waals surface area contributed by atoms with Gasteiger partial charge in [0.25, 0.3) is 11.8 Å². The Morgan fingerprint density at radius 1 is 0.970 bits per heavy atom. The van der Waals surface area contributed by atoms with Crippen molar-refractivity contribution in [2.45, 2.75) is 39.0 Å². The van der Waals surface area contributed by atoms with Crippen molar-refractivity contribution in [2.24, 2.45) is 5.92 Å². The second-order valence-electron chi connectivity index (χ2n) is 8.38. The minimum Gasteiger partial charge on any atom is -0.325 e. The van der Waals surface area contributed by atoms with Crippen molar-refractivity contribution in [1.82, 2.24) is 4.90 Å². The molecule has 1 aliphatic heterocycles. The van der Waals surface area contributed by atoms with Crippen LogP contribution >= 0.6 is 23.2 Å². The number of rotatable bonds is 4. The SMILES string of the molecule is CC(=O)Nc1cc(C(=O)N2CCC[C@@H]3CCCC=C32)ccc1NC(=O)c1ccc(Cl)cc1Cl. The van der Waals surface area contributed by atoms with Crippen molar-refractivity contribution in [1.29, 1.82) is 0 Å². The van der Waals surface area contributed by atoms with Gasteiger partial charge < -0.3 is 15.5 Å². The highest BCUT2D eigenvalue weighted by molar-refractivity contribution is 6.37. The van der Waals surface area contributed by atoms with Gasteiger partial charge in [-0.2, -0.15) is 0 Å². The molecule has 8 heteroatoms. The van der Waals surface area contributed by atoms with Crippen LogP contribution in [-0.2, 0) is 4.79 Å². The van der Waals surface area contributed by atoms with E-state index in [1.807, 2.05) is 4.90 Å². The third-order valence-corrected chi connectivity index (χ3v) is 6.57. The molecule has 1 atom stereocenters. The molecule has 2 aromatic carbocycles. The Morgan fingerprint density at radius 2 is 1.76 bits per heavy atom. The van der Waals surface area contributed by atoms with E-state index >= 15 is 0 Å². The van der Waals surface area contributed by atoms with Crippen LogP contribution in [0.1, 0.15) is 59.7 Å². The maximum absolute atomic E-state index is 13.4. The Hall–Kier alpha value is -2.83. The molecule has 1 heterocycles. The molecule has 2 aliphatic rings.